The fourth-order valence-electron chi connectivity index (χ4n) is 4.64. The molecule has 0 spiro atoms. The van der Waals surface area contributed by atoms with E-state index in [0.717, 1.165) is 23.5 Å². The molecule has 11 heteroatoms. The number of carboxylic acids is 1. The fraction of sp³-hybridized carbons (Fsp3) is 0.320. The molecule has 0 bridgehead atoms. The Kier molecular flexibility index (Phi) is 5.63. The molecule has 0 radical (unpaired) electrons. The van der Waals surface area contributed by atoms with Crippen LogP contribution in [0.25, 0.3) is 21.6 Å². The van der Waals surface area contributed by atoms with Crippen molar-refractivity contribution in [1.82, 2.24) is 19.5 Å². The second kappa shape index (κ2) is 8.98. The number of benzene rings is 1. The van der Waals surface area contributed by atoms with Gasteiger partial charge < -0.3 is 19.5 Å². The molecule has 3 aromatic heterocycles. The van der Waals surface area contributed by atoms with Gasteiger partial charge in [-0.2, -0.15) is 0 Å². The molecule has 1 aliphatic heterocycles. The Bertz CT molecular complexity index is 1510. The van der Waals surface area contributed by atoms with Gasteiger partial charge in [-0.1, -0.05) is 0 Å². The molecule has 36 heavy (non-hydrogen) atoms. The predicted octanol–water partition coefficient (Wildman–Crippen LogP) is 3.49. The third-order valence-electron chi connectivity index (χ3n) is 6.73. The molecule has 6 rings (SSSR count). The number of anilines is 2. The number of piperazine rings is 1. The molecule has 1 aromatic carbocycles. The lowest BCUT2D eigenvalue weighted by Crippen LogP contribution is -2.47. The molecule has 2 aliphatic rings. The third-order valence-corrected chi connectivity index (χ3v) is 7.52. The lowest BCUT2D eigenvalue weighted by atomic mass is 10.1. The van der Waals surface area contributed by atoms with Gasteiger partial charge in [0.1, 0.15) is 22.1 Å². The molecule has 9 nitrogen and oxygen atoms in total. The number of nitrogens with zero attached hydrogens (tertiary/aromatic N) is 6. The van der Waals surface area contributed by atoms with Gasteiger partial charge in [0.15, 0.2) is 0 Å². The van der Waals surface area contributed by atoms with Crippen molar-refractivity contribution < 1.29 is 14.3 Å². The van der Waals surface area contributed by atoms with Crippen LogP contribution in [0.4, 0.5) is 16.0 Å². The third kappa shape index (κ3) is 4.19. The summed E-state index contributed by atoms with van der Waals surface area (Å²) in [4.78, 5) is 41.8. The minimum atomic E-state index is -1.30. The van der Waals surface area contributed by atoms with E-state index in [-0.39, 0.29) is 10.9 Å². The minimum absolute atomic E-state index is 0.0998. The number of carboxylic acid groups (broad SMARTS) is 1. The molecule has 1 aliphatic carbocycles. The number of rotatable bonds is 6. The van der Waals surface area contributed by atoms with Gasteiger partial charge in [-0.3, -0.25) is 4.79 Å². The Labute approximate surface area is 209 Å². The summed E-state index contributed by atoms with van der Waals surface area (Å²) in [6, 6.07) is 4.71. The van der Waals surface area contributed by atoms with E-state index in [2.05, 4.69) is 19.9 Å². The van der Waals surface area contributed by atoms with Crippen molar-refractivity contribution in [2.24, 2.45) is 5.92 Å². The average molecular weight is 507 g/mol. The van der Waals surface area contributed by atoms with Gasteiger partial charge >= 0.3 is 5.97 Å². The van der Waals surface area contributed by atoms with Crippen LogP contribution < -0.4 is 15.2 Å². The monoisotopic (exact) mass is 506 g/mol. The number of aromatic carboxylic acids is 1. The summed E-state index contributed by atoms with van der Waals surface area (Å²) in [6.45, 7) is 2.92. The van der Waals surface area contributed by atoms with Crippen LogP contribution in [0.1, 0.15) is 23.2 Å². The van der Waals surface area contributed by atoms with Gasteiger partial charge in [0.25, 0.3) is 0 Å². The Morgan fingerprint density at radius 1 is 1.11 bits per heavy atom. The largest absolute Gasteiger partial charge is 0.477 e. The molecule has 0 atom stereocenters. The summed E-state index contributed by atoms with van der Waals surface area (Å²) < 4.78 is 17.1. The van der Waals surface area contributed by atoms with Gasteiger partial charge in [0, 0.05) is 62.1 Å². The molecule has 1 saturated heterocycles. The van der Waals surface area contributed by atoms with Gasteiger partial charge in [-0.15, -0.1) is 11.3 Å². The maximum absolute atomic E-state index is 15.3. The van der Waals surface area contributed by atoms with Crippen LogP contribution in [-0.2, 0) is 6.54 Å². The average Bonchev–Trinajstić information content (AvgIpc) is 3.53. The van der Waals surface area contributed by atoms with Crippen molar-refractivity contribution in [2.45, 2.75) is 19.4 Å². The highest BCUT2D eigenvalue weighted by Crippen LogP contribution is 2.33. The van der Waals surface area contributed by atoms with Crippen molar-refractivity contribution in [1.29, 1.82) is 0 Å². The first kappa shape index (κ1) is 22.6. The number of aromatic nitrogens is 4. The van der Waals surface area contributed by atoms with E-state index in [0.29, 0.717) is 55.8 Å². The minimum Gasteiger partial charge on any atom is -0.477 e. The molecular weight excluding hydrogens is 483 g/mol. The van der Waals surface area contributed by atoms with Crippen LogP contribution in [0.2, 0.25) is 0 Å². The van der Waals surface area contributed by atoms with Crippen molar-refractivity contribution in [3.63, 3.8) is 0 Å². The Hall–Kier alpha value is -3.86. The summed E-state index contributed by atoms with van der Waals surface area (Å²) in [6.07, 6.45) is 7.00. The van der Waals surface area contributed by atoms with Gasteiger partial charge in [0.05, 0.1) is 11.2 Å². The highest BCUT2D eigenvalue weighted by molar-refractivity contribution is 7.13. The molecule has 4 aromatic rings. The second-order valence-electron chi connectivity index (χ2n) is 9.15. The summed E-state index contributed by atoms with van der Waals surface area (Å²) in [5, 5.41) is 12.3. The highest BCUT2D eigenvalue weighted by Gasteiger charge is 2.26. The zero-order valence-electron chi connectivity index (χ0n) is 19.3. The van der Waals surface area contributed by atoms with Crippen LogP contribution in [0.15, 0.2) is 47.0 Å². The number of pyridine rings is 1. The summed E-state index contributed by atoms with van der Waals surface area (Å²) >= 11 is 1.52. The van der Waals surface area contributed by atoms with E-state index in [1.54, 1.807) is 23.0 Å². The van der Waals surface area contributed by atoms with E-state index in [1.165, 1.54) is 23.6 Å². The van der Waals surface area contributed by atoms with Crippen molar-refractivity contribution in [2.75, 3.05) is 36.0 Å². The molecule has 0 unspecified atom stereocenters. The van der Waals surface area contributed by atoms with Crippen molar-refractivity contribution in [3.05, 3.63) is 63.8 Å². The van der Waals surface area contributed by atoms with E-state index in [1.807, 2.05) is 16.3 Å². The number of thiazole rings is 1. The summed E-state index contributed by atoms with van der Waals surface area (Å²) in [5.74, 6) is -0.765. The molecular formula is C25H23FN6O3S. The smallest absolute Gasteiger partial charge is 0.341 e. The van der Waals surface area contributed by atoms with E-state index in [4.69, 9.17) is 0 Å². The first-order chi connectivity index (χ1) is 17.5. The molecule has 2 fully saturated rings. The number of fused-ring (bicyclic) bond motifs is 1. The summed E-state index contributed by atoms with van der Waals surface area (Å²) in [5.41, 5.74) is 0.759. The lowest BCUT2D eigenvalue weighted by Gasteiger charge is -2.36. The standard InChI is InChI=1S/C25H23FN6O3S/c26-18-11-16-20(32(13-15-1-2-15)14-17(22(16)33)24(34)35)12-21(18)30-6-8-31(9-7-30)25-28-4-3-19(29-25)23-27-5-10-36-23/h3-5,10-12,14-15H,1-2,6-9,13H2,(H,34,35). The van der Waals surface area contributed by atoms with Crippen molar-refractivity contribution in [3.8, 4) is 10.7 Å². The number of hydrogen-bond acceptors (Lipinski definition) is 8. The van der Waals surface area contributed by atoms with Crippen LogP contribution in [0, 0.1) is 11.7 Å². The quantitative estimate of drug-likeness (QED) is 0.424. The molecule has 184 valence electrons. The zero-order valence-corrected chi connectivity index (χ0v) is 20.1. The Balaban J connectivity index is 1.28. The second-order valence-corrected chi connectivity index (χ2v) is 10.0. The molecule has 1 saturated carbocycles. The fourth-order valence-corrected chi connectivity index (χ4v) is 5.25. The van der Waals surface area contributed by atoms with Gasteiger partial charge in [-0.25, -0.2) is 24.1 Å². The van der Waals surface area contributed by atoms with Gasteiger partial charge in [0.2, 0.25) is 11.4 Å². The highest BCUT2D eigenvalue weighted by atomic mass is 32.1. The van der Waals surface area contributed by atoms with E-state index in [9.17, 15) is 14.7 Å². The van der Waals surface area contributed by atoms with Crippen LogP contribution in [0.5, 0.6) is 0 Å². The van der Waals surface area contributed by atoms with Crippen LogP contribution in [0.3, 0.4) is 0 Å². The summed E-state index contributed by atoms with van der Waals surface area (Å²) in [7, 11) is 0. The number of carbonyl (C=O) groups is 1. The number of halogens is 1. The Morgan fingerprint density at radius 2 is 1.89 bits per heavy atom. The lowest BCUT2D eigenvalue weighted by molar-refractivity contribution is 0.0694. The topological polar surface area (TPSA) is 104 Å². The SMILES string of the molecule is O=C(O)c1cn(CC2CC2)c2cc(N3CCN(c4nccc(-c5nccs5)n4)CC3)c(F)cc2c1=O. The van der Waals surface area contributed by atoms with Crippen molar-refractivity contribution >= 4 is 39.8 Å². The molecule has 0 amide bonds. The zero-order chi connectivity index (χ0) is 24.8. The predicted molar refractivity (Wildman–Crippen MR) is 135 cm³/mol. The Morgan fingerprint density at radius 3 is 2.58 bits per heavy atom. The molecule has 4 heterocycles. The van der Waals surface area contributed by atoms with Crippen LogP contribution in [-0.4, -0.2) is 56.8 Å². The maximum atomic E-state index is 15.3. The first-order valence-corrected chi connectivity index (χ1v) is 12.7. The van der Waals surface area contributed by atoms with Gasteiger partial charge in [-0.05, 0) is 37.0 Å². The van der Waals surface area contributed by atoms with Crippen LogP contribution >= 0.6 is 11.3 Å². The first-order valence-electron chi connectivity index (χ1n) is 11.8. The maximum Gasteiger partial charge on any atom is 0.341 e. The number of hydrogen-bond donors (Lipinski definition) is 1. The van der Waals surface area contributed by atoms with E-state index < -0.39 is 17.2 Å². The molecule has 1 N–H and O–H groups in total. The normalized spacial score (nSPS) is 16.0. The van der Waals surface area contributed by atoms with E-state index >= 15 is 4.39 Å².